The van der Waals surface area contributed by atoms with Gasteiger partial charge < -0.3 is 20.7 Å². The van der Waals surface area contributed by atoms with Gasteiger partial charge in [-0.3, -0.25) is 0 Å². The lowest BCUT2D eigenvalue weighted by Gasteiger charge is -2.22. The molecule has 114 valence electrons. The first-order valence-electron chi connectivity index (χ1n) is 6.75. The second-order valence-electron chi connectivity index (χ2n) is 6.10. The average Bonchev–Trinajstić information content (AvgIpc) is 2.68. The molecule has 6 heteroatoms. The highest BCUT2D eigenvalue weighted by molar-refractivity contribution is 5.85. The maximum atomic E-state index is 13.7. The fraction of sp³-hybridized carbons (Fsp3) is 0.400. The van der Waals surface area contributed by atoms with Gasteiger partial charge in [0.05, 0.1) is 11.2 Å². The van der Waals surface area contributed by atoms with E-state index in [0.29, 0.717) is 6.54 Å². The highest BCUT2D eigenvalue weighted by Gasteiger charge is 2.21. The van der Waals surface area contributed by atoms with Gasteiger partial charge in [-0.05, 0) is 12.1 Å². The Bertz CT molecular complexity index is 686. The molecule has 0 saturated carbocycles. The summed E-state index contributed by atoms with van der Waals surface area (Å²) in [4.78, 5) is 10.6. The topological polar surface area (TPSA) is 80.3 Å². The minimum atomic E-state index is -1.07. The molecule has 1 aromatic heterocycles. The van der Waals surface area contributed by atoms with Gasteiger partial charge in [0.2, 0.25) is 0 Å². The van der Waals surface area contributed by atoms with E-state index in [0.717, 1.165) is 16.6 Å². The molecule has 0 aliphatic heterocycles. The van der Waals surface area contributed by atoms with Crippen LogP contribution < -0.4 is 11.1 Å². The number of nitrogens with two attached hydrogens (primary N) is 1. The Morgan fingerprint density at radius 2 is 2.05 bits per heavy atom. The minimum absolute atomic E-state index is 0.115. The van der Waals surface area contributed by atoms with Gasteiger partial charge in [-0.1, -0.05) is 20.8 Å². The van der Waals surface area contributed by atoms with Gasteiger partial charge in [0, 0.05) is 35.7 Å². The van der Waals surface area contributed by atoms with Gasteiger partial charge >= 0.3 is 6.09 Å². The second-order valence-corrected chi connectivity index (χ2v) is 6.10. The van der Waals surface area contributed by atoms with Crippen LogP contribution in [0.5, 0.6) is 0 Å². The lowest BCUT2D eigenvalue weighted by Crippen LogP contribution is -2.27. The molecule has 0 atom stereocenters. The molecule has 5 nitrogen and oxygen atoms in total. The summed E-state index contributed by atoms with van der Waals surface area (Å²) in [5.74, 6) is -0.464. The summed E-state index contributed by atoms with van der Waals surface area (Å²) in [5.41, 5.74) is 7.32. The molecular weight excluding hydrogens is 273 g/mol. The Hall–Kier alpha value is -2.24. The van der Waals surface area contributed by atoms with E-state index in [-0.39, 0.29) is 17.6 Å². The molecule has 0 radical (unpaired) electrons. The van der Waals surface area contributed by atoms with Crippen molar-refractivity contribution in [3.05, 3.63) is 29.7 Å². The maximum Gasteiger partial charge on any atom is 0.404 e. The van der Waals surface area contributed by atoms with Crippen LogP contribution in [0, 0.1) is 5.82 Å². The summed E-state index contributed by atoms with van der Waals surface area (Å²) < 4.78 is 15.7. The van der Waals surface area contributed by atoms with Crippen LogP contribution in [0.1, 0.15) is 26.5 Å². The van der Waals surface area contributed by atoms with Crippen molar-refractivity contribution in [3.63, 3.8) is 0 Å². The van der Waals surface area contributed by atoms with E-state index in [9.17, 15) is 9.18 Å². The molecule has 21 heavy (non-hydrogen) atoms. The molecule has 0 spiro atoms. The number of halogens is 1. The largest absolute Gasteiger partial charge is 0.465 e. The first-order valence-corrected chi connectivity index (χ1v) is 6.75. The molecule has 2 aromatic rings. The fourth-order valence-corrected chi connectivity index (χ4v) is 2.44. The van der Waals surface area contributed by atoms with Crippen LogP contribution in [0.25, 0.3) is 10.9 Å². The number of fused-ring (bicyclic) bond motifs is 1. The highest BCUT2D eigenvalue weighted by Crippen LogP contribution is 2.31. The summed E-state index contributed by atoms with van der Waals surface area (Å²) >= 11 is 0. The van der Waals surface area contributed by atoms with Crippen molar-refractivity contribution in [1.29, 1.82) is 0 Å². The van der Waals surface area contributed by atoms with E-state index >= 15 is 0 Å². The molecule has 1 heterocycles. The number of rotatable bonds is 3. The lowest BCUT2D eigenvalue weighted by molar-refractivity contribution is 0.194. The molecular formula is C15H20FN3O2. The minimum Gasteiger partial charge on any atom is -0.465 e. The van der Waals surface area contributed by atoms with Crippen molar-refractivity contribution in [3.8, 4) is 0 Å². The Morgan fingerprint density at radius 1 is 1.38 bits per heavy atom. The van der Waals surface area contributed by atoms with E-state index in [4.69, 9.17) is 10.8 Å². The van der Waals surface area contributed by atoms with Gasteiger partial charge in [0.1, 0.15) is 5.82 Å². The number of hydrogen-bond acceptors (Lipinski definition) is 2. The molecule has 0 aliphatic carbocycles. The van der Waals surface area contributed by atoms with E-state index in [2.05, 4.69) is 26.1 Å². The predicted molar refractivity (Wildman–Crippen MR) is 81.0 cm³/mol. The number of benzene rings is 1. The summed E-state index contributed by atoms with van der Waals surface area (Å²) in [5, 5.41) is 11.9. The second kappa shape index (κ2) is 5.27. The first kappa shape index (κ1) is 15.2. The number of anilines is 1. The Balaban J connectivity index is 2.52. The van der Waals surface area contributed by atoms with Crippen LogP contribution in [-0.4, -0.2) is 22.3 Å². The van der Waals surface area contributed by atoms with Crippen LogP contribution in [0.15, 0.2) is 18.2 Å². The first-order chi connectivity index (χ1) is 9.70. The smallest absolute Gasteiger partial charge is 0.404 e. The third kappa shape index (κ3) is 3.09. The summed E-state index contributed by atoms with van der Waals surface area (Å²) in [6, 6.07) is 4.99. The zero-order chi connectivity index (χ0) is 15.8. The molecule has 0 saturated heterocycles. The van der Waals surface area contributed by atoms with Crippen molar-refractivity contribution in [2.24, 2.45) is 0 Å². The number of amides is 1. The van der Waals surface area contributed by atoms with E-state index in [1.807, 2.05) is 10.6 Å². The standard InChI is InChI=1S/C15H20FN3O2/c1-15(2,3)13-7-9-6-11(17)10(16)8-12(9)19(13)5-4-18-14(20)21/h6-8,18H,4-5,17H2,1-3H3,(H,20,21). The normalized spacial score (nSPS) is 11.8. The van der Waals surface area contributed by atoms with Crippen molar-refractivity contribution < 1.29 is 14.3 Å². The molecule has 0 fully saturated rings. The van der Waals surface area contributed by atoms with Crippen LogP contribution in [0.4, 0.5) is 14.9 Å². The molecule has 1 amide bonds. The molecule has 0 unspecified atom stereocenters. The van der Waals surface area contributed by atoms with Crippen LogP contribution in [0.3, 0.4) is 0 Å². The monoisotopic (exact) mass is 293 g/mol. The number of hydrogen-bond donors (Lipinski definition) is 3. The maximum absolute atomic E-state index is 13.7. The fourth-order valence-electron chi connectivity index (χ4n) is 2.44. The Kier molecular flexibility index (Phi) is 3.80. The quantitative estimate of drug-likeness (QED) is 0.761. The number of nitrogens with zero attached hydrogens (tertiary/aromatic N) is 1. The van der Waals surface area contributed by atoms with Crippen molar-refractivity contribution in [1.82, 2.24) is 9.88 Å². The molecule has 4 N–H and O–H groups in total. The number of nitrogens with one attached hydrogen (secondary N) is 1. The summed E-state index contributed by atoms with van der Waals surface area (Å²) in [6.07, 6.45) is -1.07. The third-order valence-electron chi connectivity index (χ3n) is 3.40. The third-order valence-corrected chi connectivity index (χ3v) is 3.40. The predicted octanol–water partition coefficient (Wildman–Crippen LogP) is 2.93. The summed E-state index contributed by atoms with van der Waals surface area (Å²) in [7, 11) is 0. The van der Waals surface area contributed by atoms with E-state index in [1.165, 1.54) is 6.07 Å². The number of aromatic nitrogens is 1. The van der Waals surface area contributed by atoms with Crippen LogP contribution in [-0.2, 0) is 12.0 Å². The Labute approximate surface area is 122 Å². The van der Waals surface area contributed by atoms with Gasteiger partial charge in [-0.2, -0.15) is 0 Å². The number of nitrogen functional groups attached to an aromatic ring is 1. The zero-order valence-electron chi connectivity index (χ0n) is 12.4. The van der Waals surface area contributed by atoms with Gasteiger partial charge in [0.15, 0.2) is 0 Å². The molecule has 2 rings (SSSR count). The van der Waals surface area contributed by atoms with E-state index in [1.54, 1.807) is 6.07 Å². The molecule has 1 aromatic carbocycles. The van der Waals surface area contributed by atoms with Gasteiger partial charge in [-0.15, -0.1) is 0 Å². The van der Waals surface area contributed by atoms with Crippen molar-refractivity contribution in [2.75, 3.05) is 12.3 Å². The van der Waals surface area contributed by atoms with Gasteiger partial charge in [0.25, 0.3) is 0 Å². The molecule has 0 aliphatic rings. The lowest BCUT2D eigenvalue weighted by atomic mass is 9.92. The Morgan fingerprint density at radius 3 is 2.62 bits per heavy atom. The summed E-state index contributed by atoms with van der Waals surface area (Å²) in [6.45, 7) is 6.87. The SMILES string of the molecule is CC(C)(C)c1cc2cc(N)c(F)cc2n1CCNC(=O)O. The van der Waals surface area contributed by atoms with E-state index < -0.39 is 11.9 Å². The van der Waals surface area contributed by atoms with Gasteiger partial charge in [-0.25, -0.2) is 9.18 Å². The highest BCUT2D eigenvalue weighted by atomic mass is 19.1. The van der Waals surface area contributed by atoms with Crippen LogP contribution >= 0.6 is 0 Å². The zero-order valence-corrected chi connectivity index (χ0v) is 12.4. The number of carbonyl (C=O) groups is 1. The number of carboxylic acid groups (broad SMARTS) is 1. The van der Waals surface area contributed by atoms with Crippen molar-refractivity contribution in [2.45, 2.75) is 32.7 Å². The van der Waals surface area contributed by atoms with Crippen molar-refractivity contribution >= 4 is 22.7 Å². The van der Waals surface area contributed by atoms with Crippen LogP contribution in [0.2, 0.25) is 0 Å². The molecule has 0 bridgehead atoms. The average molecular weight is 293 g/mol.